The van der Waals surface area contributed by atoms with E-state index in [2.05, 4.69) is 24.0 Å². The summed E-state index contributed by atoms with van der Waals surface area (Å²) in [6.45, 7) is 5.51. The summed E-state index contributed by atoms with van der Waals surface area (Å²) in [7, 11) is 1.82. The van der Waals surface area contributed by atoms with Crippen LogP contribution in [0.3, 0.4) is 0 Å². The van der Waals surface area contributed by atoms with E-state index in [0.29, 0.717) is 19.5 Å². The number of likely N-dealkylation sites (N-methyl/N-ethyl adjacent to an activating group) is 1. The molecule has 0 saturated carbocycles. The molecule has 5 heteroatoms. The number of carbonyl (C=O) groups is 2. The van der Waals surface area contributed by atoms with Crippen LogP contribution in [-0.2, 0) is 9.59 Å². The molecule has 0 aliphatic carbocycles. The van der Waals surface area contributed by atoms with Crippen LogP contribution in [0.4, 0.5) is 5.69 Å². The SMILES string of the molecule is CC(CC(=O)N1CCCN(CC(=O)N(C)c2ccccc2)CC1)c1ccccc1. The Kier molecular flexibility index (Phi) is 7.42. The normalized spacial score (nSPS) is 16.1. The average Bonchev–Trinajstić information content (AvgIpc) is 3.00. The molecule has 1 fully saturated rings. The molecule has 1 heterocycles. The molecule has 2 amide bonds. The van der Waals surface area contributed by atoms with Gasteiger partial charge in [-0.15, -0.1) is 0 Å². The van der Waals surface area contributed by atoms with Crippen LogP contribution in [0.15, 0.2) is 60.7 Å². The Bertz CT molecular complexity index is 794. The summed E-state index contributed by atoms with van der Waals surface area (Å²) < 4.78 is 0. The topological polar surface area (TPSA) is 43.9 Å². The lowest BCUT2D eigenvalue weighted by molar-refractivity contribution is -0.131. The molecule has 3 rings (SSSR count). The average molecular weight is 394 g/mol. The zero-order valence-corrected chi connectivity index (χ0v) is 17.5. The van der Waals surface area contributed by atoms with E-state index in [1.807, 2.05) is 60.5 Å². The summed E-state index contributed by atoms with van der Waals surface area (Å²) >= 11 is 0. The second-order valence-electron chi connectivity index (χ2n) is 7.81. The van der Waals surface area contributed by atoms with Gasteiger partial charge in [-0.1, -0.05) is 55.5 Å². The van der Waals surface area contributed by atoms with E-state index in [1.54, 1.807) is 4.90 Å². The molecule has 154 valence electrons. The van der Waals surface area contributed by atoms with Crippen molar-refractivity contribution >= 4 is 17.5 Å². The molecule has 1 aliphatic rings. The van der Waals surface area contributed by atoms with E-state index in [1.165, 1.54) is 5.56 Å². The van der Waals surface area contributed by atoms with Gasteiger partial charge in [0.1, 0.15) is 0 Å². The van der Waals surface area contributed by atoms with Crippen molar-refractivity contribution in [3.63, 3.8) is 0 Å². The van der Waals surface area contributed by atoms with Gasteiger partial charge in [0.15, 0.2) is 0 Å². The van der Waals surface area contributed by atoms with E-state index in [-0.39, 0.29) is 17.7 Å². The van der Waals surface area contributed by atoms with E-state index in [9.17, 15) is 9.59 Å². The van der Waals surface area contributed by atoms with Crippen LogP contribution in [0.1, 0.15) is 31.2 Å². The molecule has 1 atom stereocenters. The number of carbonyl (C=O) groups excluding carboxylic acids is 2. The molecular weight excluding hydrogens is 362 g/mol. The number of nitrogens with zero attached hydrogens (tertiary/aromatic N) is 3. The largest absolute Gasteiger partial charge is 0.341 e. The van der Waals surface area contributed by atoms with Crippen molar-refractivity contribution in [3.8, 4) is 0 Å². The molecule has 1 unspecified atom stereocenters. The second-order valence-corrected chi connectivity index (χ2v) is 7.81. The number of rotatable bonds is 6. The Labute approximate surface area is 173 Å². The van der Waals surface area contributed by atoms with Crippen LogP contribution in [0.2, 0.25) is 0 Å². The lowest BCUT2D eigenvalue weighted by atomic mass is 9.97. The van der Waals surface area contributed by atoms with Gasteiger partial charge >= 0.3 is 0 Å². The maximum Gasteiger partial charge on any atom is 0.240 e. The maximum absolute atomic E-state index is 12.8. The quantitative estimate of drug-likeness (QED) is 0.756. The van der Waals surface area contributed by atoms with E-state index < -0.39 is 0 Å². The summed E-state index contributed by atoms with van der Waals surface area (Å²) in [4.78, 5) is 31.3. The van der Waals surface area contributed by atoms with Crippen LogP contribution in [0, 0.1) is 0 Å². The van der Waals surface area contributed by atoms with Gasteiger partial charge in [-0.05, 0) is 30.0 Å². The smallest absolute Gasteiger partial charge is 0.240 e. The first-order valence-corrected chi connectivity index (χ1v) is 10.4. The molecule has 0 radical (unpaired) electrons. The summed E-state index contributed by atoms with van der Waals surface area (Å²) in [6.07, 6.45) is 1.42. The lowest BCUT2D eigenvalue weighted by Gasteiger charge is -2.25. The van der Waals surface area contributed by atoms with Crippen LogP contribution >= 0.6 is 0 Å². The number of hydrogen-bond acceptors (Lipinski definition) is 3. The van der Waals surface area contributed by atoms with Crippen molar-refractivity contribution in [2.75, 3.05) is 44.7 Å². The minimum Gasteiger partial charge on any atom is -0.341 e. The van der Waals surface area contributed by atoms with Crippen LogP contribution in [0.5, 0.6) is 0 Å². The minimum atomic E-state index is 0.0775. The Morgan fingerprint density at radius 1 is 0.931 bits per heavy atom. The Morgan fingerprint density at radius 2 is 1.59 bits per heavy atom. The number of benzene rings is 2. The van der Waals surface area contributed by atoms with Crippen LogP contribution in [0.25, 0.3) is 0 Å². The van der Waals surface area contributed by atoms with Crippen molar-refractivity contribution in [1.29, 1.82) is 0 Å². The van der Waals surface area contributed by atoms with Gasteiger partial charge in [-0.2, -0.15) is 0 Å². The molecule has 0 bridgehead atoms. The van der Waals surface area contributed by atoms with E-state index in [0.717, 1.165) is 31.7 Å². The van der Waals surface area contributed by atoms with Crippen molar-refractivity contribution < 1.29 is 9.59 Å². The van der Waals surface area contributed by atoms with Crippen LogP contribution < -0.4 is 4.90 Å². The summed E-state index contributed by atoms with van der Waals surface area (Å²) in [6, 6.07) is 19.9. The maximum atomic E-state index is 12.8. The molecule has 0 spiro atoms. The van der Waals surface area contributed by atoms with Crippen LogP contribution in [-0.4, -0.2) is 61.4 Å². The highest BCUT2D eigenvalue weighted by Gasteiger charge is 2.23. The molecule has 2 aromatic carbocycles. The lowest BCUT2D eigenvalue weighted by Crippen LogP contribution is -2.41. The Morgan fingerprint density at radius 3 is 2.28 bits per heavy atom. The first-order chi connectivity index (χ1) is 14.0. The van der Waals surface area contributed by atoms with Gasteiger partial charge < -0.3 is 9.80 Å². The highest BCUT2D eigenvalue weighted by atomic mass is 16.2. The molecule has 5 nitrogen and oxygen atoms in total. The highest BCUT2D eigenvalue weighted by Crippen LogP contribution is 2.20. The summed E-state index contributed by atoms with van der Waals surface area (Å²) in [5.41, 5.74) is 2.10. The van der Waals surface area contributed by atoms with Crippen molar-refractivity contribution in [3.05, 3.63) is 66.2 Å². The van der Waals surface area contributed by atoms with Gasteiger partial charge in [-0.25, -0.2) is 0 Å². The third kappa shape index (κ3) is 5.91. The molecule has 0 aromatic heterocycles. The predicted molar refractivity (Wildman–Crippen MR) is 117 cm³/mol. The molecule has 1 aliphatic heterocycles. The number of amides is 2. The first-order valence-electron chi connectivity index (χ1n) is 10.4. The second kappa shape index (κ2) is 10.2. The fourth-order valence-corrected chi connectivity index (χ4v) is 3.76. The molecule has 29 heavy (non-hydrogen) atoms. The third-order valence-corrected chi connectivity index (χ3v) is 5.67. The Balaban J connectivity index is 1.49. The van der Waals surface area contributed by atoms with Gasteiger partial charge in [0.2, 0.25) is 11.8 Å². The first kappa shape index (κ1) is 21.1. The number of anilines is 1. The number of para-hydroxylation sites is 1. The highest BCUT2D eigenvalue weighted by molar-refractivity contribution is 5.94. The molecular formula is C24H31N3O2. The molecule has 2 aromatic rings. The van der Waals surface area contributed by atoms with Gasteiger partial charge in [0, 0.05) is 45.3 Å². The van der Waals surface area contributed by atoms with Crippen molar-refractivity contribution in [2.24, 2.45) is 0 Å². The van der Waals surface area contributed by atoms with E-state index >= 15 is 0 Å². The fraction of sp³-hybridized carbons (Fsp3) is 0.417. The molecule has 1 saturated heterocycles. The molecule has 0 N–H and O–H groups in total. The standard InChI is InChI=1S/C24H31N3O2/c1-20(21-10-5-3-6-11-21)18-23(28)27-15-9-14-26(16-17-27)19-24(29)25(2)22-12-7-4-8-13-22/h3-8,10-13,20H,9,14-19H2,1-2H3. The third-order valence-electron chi connectivity index (χ3n) is 5.67. The van der Waals surface area contributed by atoms with Gasteiger partial charge in [0.05, 0.1) is 6.54 Å². The summed E-state index contributed by atoms with van der Waals surface area (Å²) in [5.74, 6) is 0.494. The predicted octanol–water partition coefficient (Wildman–Crippen LogP) is 3.38. The van der Waals surface area contributed by atoms with Crippen molar-refractivity contribution in [2.45, 2.75) is 25.7 Å². The van der Waals surface area contributed by atoms with Gasteiger partial charge in [0.25, 0.3) is 0 Å². The Hall–Kier alpha value is -2.66. The van der Waals surface area contributed by atoms with E-state index in [4.69, 9.17) is 0 Å². The van der Waals surface area contributed by atoms with Crippen molar-refractivity contribution in [1.82, 2.24) is 9.80 Å². The fourth-order valence-electron chi connectivity index (χ4n) is 3.76. The minimum absolute atomic E-state index is 0.0775. The number of hydrogen-bond donors (Lipinski definition) is 0. The van der Waals surface area contributed by atoms with Gasteiger partial charge in [-0.3, -0.25) is 14.5 Å². The summed E-state index contributed by atoms with van der Waals surface area (Å²) in [5, 5.41) is 0. The monoisotopic (exact) mass is 393 g/mol. The zero-order chi connectivity index (χ0) is 20.6. The zero-order valence-electron chi connectivity index (χ0n) is 17.5.